The van der Waals surface area contributed by atoms with Crippen molar-refractivity contribution in [1.82, 2.24) is 0 Å². The molecule has 0 atom stereocenters. The second-order valence-corrected chi connectivity index (χ2v) is 7.92. The lowest BCUT2D eigenvalue weighted by molar-refractivity contribution is 0.249. The van der Waals surface area contributed by atoms with Gasteiger partial charge in [0.25, 0.3) is 0 Å². The Labute approximate surface area is 149 Å². The Kier molecular flexibility index (Phi) is 6.24. The van der Waals surface area contributed by atoms with Crippen LogP contribution in [0.15, 0.2) is 11.6 Å². The molecular weight excluding hydrogens is 321 g/mol. The lowest BCUT2D eigenvalue weighted by atomic mass is 9.77. The smallest absolute Gasteiger partial charge is 0.194 e. The van der Waals surface area contributed by atoms with Crippen LogP contribution in [-0.2, 0) is 6.42 Å². The third-order valence-electron chi connectivity index (χ3n) is 6.16. The molecule has 3 heteroatoms. The van der Waals surface area contributed by atoms with Gasteiger partial charge in [0.1, 0.15) is 0 Å². The molecule has 0 N–H and O–H groups in total. The Hall–Kier alpha value is -1.25. The van der Waals surface area contributed by atoms with Gasteiger partial charge >= 0.3 is 0 Å². The fourth-order valence-electron chi connectivity index (χ4n) is 4.50. The molecular formula is C22H29F3. The summed E-state index contributed by atoms with van der Waals surface area (Å²) < 4.78 is 40.6. The standard InChI is InChI=1S/C22H29F3/c1-2-3-4-15-5-7-16(8-6-15)9-10-17-11-12-19-18(13-17)14-20(23)22(25)21(19)24/h13-16H,2-12H2,1H3. The third kappa shape index (κ3) is 4.48. The first-order chi connectivity index (χ1) is 12.1. The minimum absolute atomic E-state index is 0.332. The molecule has 1 aromatic rings. The molecule has 0 aromatic heterocycles. The van der Waals surface area contributed by atoms with Crippen LogP contribution in [-0.4, -0.2) is 0 Å². The van der Waals surface area contributed by atoms with Crippen LogP contribution < -0.4 is 0 Å². The second-order valence-electron chi connectivity index (χ2n) is 7.92. The third-order valence-corrected chi connectivity index (χ3v) is 6.16. The van der Waals surface area contributed by atoms with Crippen LogP contribution in [0.25, 0.3) is 6.08 Å². The predicted molar refractivity (Wildman–Crippen MR) is 96.8 cm³/mol. The highest BCUT2D eigenvalue weighted by molar-refractivity contribution is 5.60. The highest BCUT2D eigenvalue weighted by Crippen LogP contribution is 2.36. The topological polar surface area (TPSA) is 0 Å². The molecule has 0 saturated heterocycles. The number of hydrogen-bond acceptors (Lipinski definition) is 0. The van der Waals surface area contributed by atoms with Crippen LogP contribution >= 0.6 is 0 Å². The Balaban J connectivity index is 1.53. The minimum Gasteiger partial charge on any atom is -0.204 e. The van der Waals surface area contributed by atoms with E-state index in [4.69, 9.17) is 0 Å². The fraction of sp³-hybridized carbons (Fsp3) is 0.636. The van der Waals surface area contributed by atoms with Crippen molar-refractivity contribution in [3.8, 4) is 0 Å². The van der Waals surface area contributed by atoms with Crippen molar-refractivity contribution in [2.75, 3.05) is 0 Å². The molecule has 0 heterocycles. The van der Waals surface area contributed by atoms with E-state index < -0.39 is 17.5 Å². The van der Waals surface area contributed by atoms with E-state index in [-0.39, 0.29) is 0 Å². The van der Waals surface area contributed by atoms with Crippen LogP contribution in [0.3, 0.4) is 0 Å². The first-order valence-electron chi connectivity index (χ1n) is 9.94. The Morgan fingerprint density at radius 3 is 2.28 bits per heavy atom. The zero-order valence-electron chi connectivity index (χ0n) is 15.2. The summed E-state index contributed by atoms with van der Waals surface area (Å²) in [5.41, 5.74) is 2.12. The summed E-state index contributed by atoms with van der Waals surface area (Å²) in [5.74, 6) is -1.70. The lowest BCUT2D eigenvalue weighted by Crippen LogP contribution is -2.15. The van der Waals surface area contributed by atoms with Gasteiger partial charge in [-0.3, -0.25) is 0 Å². The highest BCUT2D eigenvalue weighted by Gasteiger charge is 2.23. The largest absolute Gasteiger partial charge is 0.204 e. The van der Waals surface area contributed by atoms with Crippen LogP contribution in [0.5, 0.6) is 0 Å². The van der Waals surface area contributed by atoms with Crippen molar-refractivity contribution in [2.24, 2.45) is 11.8 Å². The molecule has 1 saturated carbocycles. The zero-order chi connectivity index (χ0) is 17.8. The van der Waals surface area contributed by atoms with E-state index in [1.807, 2.05) is 6.08 Å². The van der Waals surface area contributed by atoms with Gasteiger partial charge < -0.3 is 0 Å². The summed E-state index contributed by atoms with van der Waals surface area (Å²) in [6, 6.07) is 1.14. The molecule has 0 nitrogen and oxygen atoms in total. The molecule has 3 rings (SSSR count). The summed E-state index contributed by atoms with van der Waals surface area (Å²) in [6.45, 7) is 2.26. The number of hydrogen-bond donors (Lipinski definition) is 0. The second kappa shape index (κ2) is 8.42. The molecule has 0 amide bonds. The summed E-state index contributed by atoms with van der Waals surface area (Å²) in [6.07, 6.45) is 14.7. The fourth-order valence-corrected chi connectivity index (χ4v) is 4.50. The maximum Gasteiger partial charge on any atom is 0.194 e. The van der Waals surface area contributed by atoms with E-state index in [0.29, 0.717) is 17.5 Å². The van der Waals surface area contributed by atoms with Gasteiger partial charge in [0, 0.05) is 0 Å². The predicted octanol–water partition coefficient (Wildman–Crippen LogP) is 7.21. The number of fused-ring (bicyclic) bond motifs is 1. The van der Waals surface area contributed by atoms with Crippen LogP contribution in [0.4, 0.5) is 13.2 Å². The molecule has 0 aliphatic heterocycles. The van der Waals surface area contributed by atoms with Gasteiger partial charge in [0.15, 0.2) is 17.5 Å². The van der Waals surface area contributed by atoms with E-state index in [1.54, 1.807) is 0 Å². The van der Waals surface area contributed by atoms with E-state index in [2.05, 4.69) is 6.92 Å². The summed E-state index contributed by atoms with van der Waals surface area (Å²) in [5, 5.41) is 0. The van der Waals surface area contributed by atoms with Gasteiger partial charge in [-0.1, -0.05) is 63.5 Å². The van der Waals surface area contributed by atoms with Gasteiger partial charge in [-0.05, 0) is 54.7 Å². The maximum atomic E-state index is 13.8. The Morgan fingerprint density at radius 2 is 1.60 bits per heavy atom. The van der Waals surface area contributed by atoms with Gasteiger partial charge in [0.2, 0.25) is 0 Å². The molecule has 0 radical (unpaired) electrons. The molecule has 0 unspecified atom stereocenters. The van der Waals surface area contributed by atoms with E-state index >= 15 is 0 Å². The Bertz CT molecular complexity index is 625. The summed E-state index contributed by atoms with van der Waals surface area (Å²) >= 11 is 0. The van der Waals surface area contributed by atoms with E-state index in [1.165, 1.54) is 56.9 Å². The van der Waals surface area contributed by atoms with Gasteiger partial charge in [-0.2, -0.15) is 0 Å². The molecule has 1 aromatic carbocycles. The van der Waals surface area contributed by atoms with Crippen LogP contribution in [0.2, 0.25) is 0 Å². The van der Waals surface area contributed by atoms with Crippen molar-refractivity contribution in [3.63, 3.8) is 0 Å². The Morgan fingerprint density at radius 1 is 0.920 bits per heavy atom. The van der Waals surface area contributed by atoms with Crippen LogP contribution in [0.1, 0.15) is 82.3 Å². The van der Waals surface area contributed by atoms with Crippen molar-refractivity contribution in [1.29, 1.82) is 0 Å². The first kappa shape index (κ1) is 18.5. The van der Waals surface area contributed by atoms with E-state index in [0.717, 1.165) is 30.7 Å². The van der Waals surface area contributed by atoms with Crippen molar-refractivity contribution in [3.05, 3.63) is 40.2 Å². The van der Waals surface area contributed by atoms with Crippen molar-refractivity contribution >= 4 is 6.08 Å². The number of benzene rings is 1. The lowest BCUT2D eigenvalue weighted by Gasteiger charge is -2.29. The SMILES string of the molecule is CCCCC1CCC(CCC2=Cc3cc(F)c(F)c(F)c3CC2)CC1. The molecule has 0 spiro atoms. The monoisotopic (exact) mass is 350 g/mol. The van der Waals surface area contributed by atoms with Gasteiger partial charge in [0.05, 0.1) is 0 Å². The van der Waals surface area contributed by atoms with Crippen molar-refractivity contribution in [2.45, 2.75) is 77.6 Å². The normalized spacial score (nSPS) is 23.3. The number of halogens is 3. The van der Waals surface area contributed by atoms with Gasteiger partial charge in [-0.25, -0.2) is 13.2 Å². The summed E-state index contributed by atoms with van der Waals surface area (Å²) in [4.78, 5) is 0. The van der Waals surface area contributed by atoms with Crippen molar-refractivity contribution < 1.29 is 13.2 Å². The number of unbranched alkanes of at least 4 members (excludes halogenated alkanes) is 1. The molecule has 2 aliphatic rings. The highest BCUT2D eigenvalue weighted by atomic mass is 19.2. The average molecular weight is 350 g/mol. The molecule has 25 heavy (non-hydrogen) atoms. The summed E-state index contributed by atoms with van der Waals surface area (Å²) in [7, 11) is 0. The van der Waals surface area contributed by atoms with Crippen LogP contribution in [0, 0.1) is 29.3 Å². The number of allylic oxidation sites excluding steroid dienone is 1. The quantitative estimate of drug-likeness (QED) is 0.475. The molecule has 2 aliphatic carbocycles. The average Bonchev–Trinajstić information content (AvgIpc) is 2.63. The minimum atomic E-state index is -1.34. The first-order valence-corrected chi connectivity index (χ1v) is 9.94. The number of rotatable bonds is 6. The van der Waals surface area contributed by atoms with E-state index in [9.17, 15) is 13.2 Å². The zero-order valence-corrected chi connectivity index (χ0v) is 15.2. The molecule has 1 fully saturated rings. The van der Waals surface area contributed by atoms with Gasteiger partial charge in [-0.15, -0.1) is 0 Å². The molecule has 0 bridgehead atoms. The maximum absolute atomic E-state index is 13.8. The molecule has 138 valence electrons.